The largest absolute Gasteiger partial charge is 0.376 e. The quantitative estimate of drug-likeness (QED) is 0.844. The summed E-state index contributed by atoms with van der Waals surface area (Å²) in [5, 5.41) is 0. The van der Waals surface area contributed by atoms with Crippen LogP contribution in [-0.2, 0) is 9.53 Å². The standard InChI is InChI=1S/C16H30N2O2/c1-15(2,3)10-14(19)18-8-6-16(7-9-18)5-4-13(11-17)20-12-16/h13H,4-12,17H2,1-3H3/t13-/m0/s1. The molecule has 2 saturated heterocycles. The molecule has 0 aromatic rings. The molecule has 2 fully saturated rings. The van der Waals surface area contributed by atoms with Crippen LogP contribution in [-0.4, -0.2) is 43.2 Å². The Bertz CT molecular complexity index is 331. The number of hydrogen-bond acceptors (Lipinski definition) is 3. The van der Waals surface area contributed by atoms with Gasteiger partial charge < -0.3 is 15.4 Å². The van der Waals surface area contributed by atoms with Crippen LogP contribution in [0.1, 0.15) is 52.9 Å². The van der Waals surface area contributed by atoms with E-state index in [4.69, 9.17) is 10.5 Å². The number of ether oxygens (including phenoxy) is 1. The van der Waals surface area contributed by atoms with E-state index in [1.165, 1.54) is 6.42 Å². The second-order valence-corrected chi connectivity index (χ2v) is 7.83. The predicted octanol–water partition coefficient (Wildman–Crippen LogP) is 2.17. The molecule has 0 aliphatic carbocycles. The van der Waals surface area contributed by atoms with Gasteiger partial charge in [0.2, 0.25) is 5.91 Å². The molecule has 0 saturated carbocycles. The summed E-state index contributed by atoms with van der Waals surface area (Å²) in [6, 6.07) is 0. The molecule has 0 bridgehead atoms. The van der Waals surface area contributed by atoms with Crippen LogP contribution in [0.3, 0.4) is 0 Å². The van der Waals surface area contributed by atoms with Crippen LogP contribution < -0.4 is 5.73 Å². The van der Waals surface area contributed by atoms with Crippen molar-refractivity contribution in [2.45, 2.75) is 59.0 Å². The van der Waals surface area contributed by atoms with Gasteiger partial charge in [0.15, 0.2) is 0 Å². The molecule has 2 aliphatic heterocycles. The summed E-state index contributed by atoms with van der Waals surface area (Å²) in [5.41, 5.74) is 6.05. The van der Waals surface area contributed by atoms with Crippen LogP contribution in [0, 0.1) is 10.8 Å². The molecule has 2 N–H and O–H groups in total. The number of carbonyl (C=O) groups excluding carboxylic acids is 1. The van der Waals surface area contributed by atoms with Crippen molar-refractivity contribution in [1.29, 1.82) is 0 Å². The summed E-state index contributed by atoms with van der Waals surface area (Å²) in [5.74, 6) is 0.309. The first-order chi connectivity index (χ1) is 9.34. The lowest BCUT2D eigenvalue weighted by molar-refractivity contribution is -0.138. The van der Waals surface area contributed by atoms with Gasteiger partial charge in [-0.15, -0.1) is 0 Å². The SMILES string of the molecule is CC(C)(C)CC(=O)N1CCC2(CC[C@@H](CN)OC2)CC1. The molecular formula is C16H30N2O2. The van der Waals surface area contributed by atoms with Crippen molar-refractivity contribution < 1.29 is 9.53 Å². The van der Waals surface area contributed by atoms with E-state index in [2.05, 4.69) is 20.8 Å². The van der Waals surface area contributed by atoms with Gasteiger partial charge in [-0.2, -0.15) is 0 Å². The van der Waals surface area contributed by atoms with Gasteiger partial charge in [-0.25, -0.2) is 0 Å². The van der Waals surface area contributed by atoms with Gasteiger partial charge in [0.25, 0.3) is 0 Å². The summed E-state index contributed by atoms with van der Waals surface area (Å²) in [6.45, 7) is 9.62. The molecule has 0 aromatic carbocycles. The highest BCUT2D eigenvalue weighted by atomic mass is 16.5. The molecule has 2 heterocycles. The van der Waals surface area contributed by atoms with Crippen molar-refractivity contribution in [2.24, 2.45) is 16.6 Å². The first-order valence-electron chi connectivity index (χ1n) is 7.93. The Kier molecular flexibility index (Phi) is 4.75. The molecule has 2 rings (SSSR count). The molecule has 1 spiro atoms. The van der Waals surface area contributed by atoms with Gasteiger partial charge >= 0.3 is 0 Å². The van der Waals surface area contributed by atoms with E-state index in [1.54, 1.807) is 0 Å². The van der Waals surface area contributed by atoms with Crippen molar-refractivity contribution in [1.82, 2.24) is 4.90 Å². The smallest absolute Gasteiger partial charge is 0.223 e. The minimum absolute atomic E-state index is 0.0779. The zero-order valence-electron chi connectivity index (χ0n) is 13.3. The Morgan fingerprint density at radius 1 is 1.30 bits per heavy atom. The number of likely N-dealkylation sites (tertiary alicyclic amines) is 1. The lowest BCUT2D eigenvalue weighted by Gasteiger charge is -2.45. The predicted molar refractivity (Wildman–Crippen MR) is 80.3 cm³/mol. The fraction of sp³-hybridized carbons (Fsp3) is 0.938. The van der Waals surface area contributed by atoms with Gasteiger partial charge in [0, 0.05) is 26.1 Å². The number of rotatable bonds is 2. The van der Waals surface area contributed by atoms with Gasteiger partial charge in [-0.05, 0) is 36.5 Å². The molecule has 0 unspecified atom stereocenters. The minimum Gasteiger partial charge on any atom is -0.376 e. The highest BCUT2D eigenvalue weighted by molar-refractivity contribution is 5.76. The number of piperidine rings is 1. The molecule has 0 radical (unpaired) electrons. The average molecular weight is 282 g/mol. The molecular weight excluding hydrogens is 252 g/mol. The molecule has 1 atom stereocenters. The van der Waals surface area contributed by atoms with Crippen LogP contribution in [0.15, 0.2) is 0 Å². The number of amides is 1. The van der Waals surface area contributed by atoms with E-state index in [0.717, 1.165) is 39.0 Å². The molecule has 20 heavy (non-hydrogen) atoms. The fourth-order valence-electron chi connectivity index (χ4n) is 3.29. The van der Waals surface area contributed by atoms with Crippen LogP contribution in [0.25, 0.3) is 0 Å². The van der Waals surface area contributed by atoms with E-state index in [1.807, 2.05) is 4.90 Å². The Morgan fingerprint density at radius 3 is 2.40 bits per heavy atom. The maximum absolute atomic E-state index is 12.3. The second-order valence-electron chi connectivity index (χ2n) is 7.83. The monoisotopic (exact) mass is 282 g/mol. The molecule has 1 amide bonds. The average Bonchev–Trinajstić information content (AvgIpc) is 2.38. The van der Waals surface area contributed by atoms with E-state index in [-0.39, 0.29) is 11.5 Å². The summed E-state index contributed by atoms with van der Waals surface area (Å²) in [7, 11) is 0. The lowest BCUT2D eigenvalue weighted by atomic mass is 9.73. The molecule has 2 aliphatic rings. The topological polar surface area (TPSA) is 55.6 Å². The molecule has 4 heteroatoms. The highest BCUT2D eigenvalue weighted by Crippen LogP contribution is 2.40. The van der Waals surface area contributed by atoms with Gasteiger partial charge in [-0.1, -0.05) is 20.8 Å². The number of hydrogen-bond donors (Lipinski definition) is 1. The Hall–Kier alpha value is -0.610. The van der Waals surface area contributed by atoms with E-state index in [9.17, 15) is 4.79 Å². The maximum Gasteiger partial charge on any atom is 0.223 e. The number of carbonyl (C=O) groups is 1. The van der Waals surface area contributed by atoms with Crippen molar-refractivity contribution >= 4 is 5.91 Å². The van der Waals surface area contributed by atoms with Gasteiger partial charge in [-0.3, -0.25) is 4.79 Å². The third-order valence-electron chi connectivity index (χ3n) is 4.74. The Morgan fingerprint density at radius 2 is 1.95 bits per heavy atom. The fourth-order valence-corrected chi connectivity index (χ4v) is 3.29. The third kappa shape index (κ3) is 3.95. The van der Waals surface area contributed by atoms with Crippen LogP contribution >= 0.6 is 0 Å². The first-order valence-corrected chi connectivity index (χ1v) is 7.93. The molecule has 4 nitrogen and oxygen atoms in total. The number of nitrogens with zero attached hydrogens (tertiary/aromatic N) is 1. The number of nitrogens with two attached hydrogens (primary N) is 1. The zero-order chi connectivity index (χ0) is 14.8. The molecule has 116 valence electrons. The van der Waals surface area contributed by atoms with Gasteiger partial charge in [0.1, 0.15) is 0 Å². The Balaban J connectivity index is 1.82. The van der Waals surface area contributed by atoms with E-state index >= 15 is 0 Å². The van der Waals surface area contributed by atoms with Crippen LogP contribution in [0.4, 0.5) is 0 Å². The highest BCUT2D eigenvalue weighted by Gasteiger charge is 2.39. The van der Waals surface area contributed by atoms with Crippen LogP contribution in [0.5, 0.6) is 0 Å². The lowest BCUT2D eigenvalue weighted by Crippen LogP contribution is -2.48. The summed E-state index contributed by atoms with van der Waals surface area (Å²) >= 11 is 0. The molecule has 0 aromatic heterocycles. The third-order valence-corrected chi connectivity index (χ3v) is 4.74. The van der Waals surface area contributed by atoms with Crippen molar-refractivity contribution in [3.8, 4) is 0 Å². The van der Waals surface area contributed by atoms with Crippen molar-refractivity contribution in [2.75, 3.05) is 26.2 Å². The van der Waals surface area contributed by atoms with Crippen LogP contribution in [0.2, 0.25) is 0 Å². The maximum atomic E-state index is 12.3. The first kappa shape index (κ1) is 15.8. The second kappa shape index (κ2) is 6.02. The Labute approximate surface area is 123 Å². The minimum atomic E-state index is 0.0779. The van der Waals surface area contributed by atoms with Gasteiger partial charge in [0.05, 0.1) is 12.7 Å². The van der Waals surface area contributed by atoms with E-state index < -0.39 is 0 Å². The normalized spacial score (nSPS) is 26.8. The zero-order valence-corrected chi connectivity index (χ0v) is 13.3. The summed E-state index contributed by atoms with van der Waals surface area (Å²) in [4.78, 5) is 14.3. The van der Waals surface area contributed by atoms with Crippen molar-refractivity contribution in [3.05, 3.63) is 0 Å². The van der Waals surface area contributed by atoms with Crippen molar-refractivity contribution in [3.63, 3.8) is 0 Å². The summed E-state index contributed by atoms with van der Waals surface area (Å²) in [6.07, 6.45) is 5.34. The summed E-state index contributed by atoms with van der Waals surface area (Å²) < 4.78 is 5.87. The van der Waals surface area contributed by atoms with E-state index in [0.29, 0.717) is 24.3 Å².